The number of para-hydroxylation sites is 1. The molecule has 0 bridgehead atoms. The van der Waals surface area contributed by atoms with E-state index in [9.17, 15) is 4.79 Å². The van der Waals surface area contributed by atoms with E-state index in [1.165, 1.54) is 0 Å². The zero-order chi connectivity index (χ0) is 18.3. The summed E-state index contributed by atoms with van der Waals surface area (Å²) in [6.45, 7) is 1.98. The lowest BCUT2D eigenvalue weighted by molar-refractivity contribution is 0.975. The van der Waals surface area contributed by atoms with Crippen LogP contribution in [0.15, 0.2) is 76.0 Å². The zero-order valence-corrected chi connectivity index (χ0v) is 16.3. The summed E-state index contributed by atoms with van der Waals surface area (Å²) in [5.74, 6) is 0.525. The Hall–Kier alpha value is -2.43. The maximum Gasteiger partial charge on any atom is 0.266 e. The number of rotatable bonds is 2. The molecular formula is C21H14BrClN2O. The molecule has 4 rings (SSSR count). The Bertz CT molecular complexity index is 1190. The molecule has 0 spiro atoms. The van der Waals surface area contributed by atoms with Crippen LogP contribution in [0.3, 0.4) is 0 Å². The van der Waals surface area contributed by atoms with Gasteiger partial charge in [-0.1, -0.05) is 51.8 Å². The van der Waals surface area contributed by atoms with Crippen molar-refractivity contribution in [1.29, 1.82) is 0 Å². The lowest BCUT2D eigenvalue weighted by Gasteiger charge is -2.15. The van der Waals surface area contributed by atoms with Crippen LogP contribution in [0.1, 0.15) is 5.56 Å². The molecule has 0 saturated carbocycles. The Morgan fingerprint density at radius 1 is 1.00 bits per heavy atom. The highest BCUT2D eigenvalue weighted by Crippen LogP contribution is 2.30. The van der Waals surface area contributed by atoms with Crippen LogP contribution in [-0.4, -0.2) is 9.55 Å². The fourth-order valence-corrected chi connectivity index (χ4v) is 3.63. The SMILES string of the molecule is Cc1ccc(-c2nc3cc(Br)ccc3c(=O)n2-c2ccccc2)c(Cl)c1. The van der Waals surface area contributed by atoms with E-state index in [0.717, 1.165) is 21.3 Å². The Labute approximate surface area is 164 Å². The molecule has 1 heterocycles. The van der Waals surface area contributed by atoms with E-state index >= 15 is 0 Å². The van der Waals surface area contributed by atoms with E-state index in [2.05, 4.69) is 15.9 Å². The largest absolute Gasteiger partial charge is 0.268 e. The molecule has 0 atom stereocenters. The molecule has 4 aromatic rings. The van der Waals surface area contributed by atoms with Gasteiger partial charge in [-0.25, -0.2) is 4.98 Å². The van der Waals surface area contributed by atoms with Gasteiger partial charge in [0.25, 0.3) is 5.56 Å². The van der Waals surface area contributed by atoms with E-state index < -0.39 is 0 Å². The summed E-state index contributed by atoms with van der Waals surface area (Å²) in [5.41, 5.74) is 3.03. The highest BCUT2D eigenvalue weighted by Gasteiger charge is 2.16. The van der Waals surface area contributed by atoms with Crippen molar-refractivity contribution >= 4 is 38.4 Å². The molecular weight excluding hydrogens is 412 g/mol. The van der Waals surface area contributed by atoms with E-state index in [0.29, 0.717) is 21.7 Å². The third-order valence-corrected chi connectivity index (χ3v) is 5.02. The van der Waals surface area contributed by atoms with Gasteiger partial charge in [0, 0.05) is 10.0 Å². The predicted octanol–water partition coefficient (Wildman–Crippen LogP) is 5.78. The second-order valence-electron chi connectivity index (χ2n) is 6.06. The van der Waals surface area contributed by atoms with E-state index in [1.54, 1.807) is 10.6 Å². The number of nitrogens with zero attached hydrogens (tertiary/aromatic N) is 2. The topological polar surface area (TPSA) is 34.9 Å². The van der Waals surface area contributed by atoms with E-state index in [-0.39, 0.29) is 5.56 Å². The maximum atomic E-state index is 13.3. The molecule has 0 saturated heterocycles. The van der Waals surface area contributed by atoms with Gasteiger partial charge in [-0.2, -0.15) is 0 Å². The van der Waals surface area contributed by atoms with Gasteiger partial charge in [0.15, 0.2) is 0 Å². The lowest BCUT2D eigenvalue weighted by atomic mass is 10.1. The first-order valence-electron chi connectivity index (χ1n) is 8.09. The molecule has 5 heteroatoms. The Kier molecular flexibility index (Phi) is 4.39. The van der Waals surface area contributed by atoms with Crippen molar-refractivity contribution in [2.75, 3.05) is 0 Å². The van der Waals surface area contributed by atoms with Crippen LogP contribution in [0, 0.1) is 6.92 Å². The van der Waals surface area contributed by atoms with Gasteiger partial charge < -0.3 is 0 Å². The Morgan fingerprint density at radius 2 is 1.77 bits per heavy atom. The van der Waals surface area contributed by atoms with E-state index in [4.69, 9.17) is 16.6 Å². The summed E-state index contributed by atoms with van der Waals surface area (Å²) in [6, 6.07) is 20.7. The van der Waals surface area contributed by atoms with Crippen molar-refractivity contribution in [3.8, 4) is 17.1 Å². The molecule has 0 aliphatic carbocycles. The molecule has 3 nitrogen and oxygen atoms in total. The molecule has 0 radical (unpaired) electrons. The van der Waals surface area contributed by atoms with Crippen LogP contribution in [0.2, 0.25) is 5.02 Å². The minimum absolute atomic E-state index is 0.125. The second kappa shape index (κ2) is 6.71. The quantitative estimate of drug-likeness (QED) is 0.408. The molecule has 3 aromatic carbocycles. The molecule has 0 fully saturated rings. The molecule has 128 valence electrons. The lowest BCUT2D eigenvalue weighted by Crippen LogP contribution is -2.22. The van der Waals surface area contributed by atoms with Crippen molar-refractivity contribution in [2.45, 2.75) is 6.92 Å². The summed E-state index contributed by atoms with van der Waals surface area (Å²) in [7, 11) is 0. The molecule has 26 heavy (non-hydrogen) atoms. The number of halogens is 2. The van der Waals surface area contributed by atoms with E-state index in [1.807, 2.05) is 67.6 Å². The first-order chi connectivity index (χ1) is 12.5. The van der Waals surface area contributed by atoms with Gasteiger partial charge in [0.2, 0.25) is 0 Å². The monoisotopic (exact) mass is 424 g/mol. The molecule has 0 N–H and O–H groups in total. The Balaban J connectivity index is 2.14. The standard InChI is InChI=1S/C21H14BrClN2O/c1-13-7-9-16(18(23)11-13)20-24-19-12-14(22)8-10-17(19)21(26)25(20)15-5-3-2-4-6-15/h2-12H,1H3. The van der Waals surface area contributed by atoms with Crippen LogP contribution in [0.4, 0.5) is 0 Å². The number of hydrogen-bond donors (Lipinski definition) is 0. The maximum absolute atomic E-state index is 13.3. The van der Waals surface area contributed by atoms with Crippen molar-refractivity contribution in [1.82, 2.24) is 9.55 Å². The summed E-state index contributed by atoms with van der Waals surface area (Å²) in [6.07, 6.45) is 0. The number of aryl methyl sites for hydroxylation is 1. The minimum atomic E-state index is -0.125. The average Bonchev–Trinajstić information content (AvgIpc) is 2.62. The molecule has 1 aromatic heterocycles. The van der Waals surface area contributed by atoms with Crippen molar-refractivity contribution in [3.05, 3.63) is 92.1 Å². The molecule has 0 unspecified atom stereocenters. The minimum Gasteiger partial charge on any atom is -0.268 e. The first-order valence-corrected chi connectivity index (χ1v) is 9.26. The van der Waals surface area contributed by atoms with Crippen LogP contribution in [0.5, 0.6) is 0 Å². The van der Waals surface area contributed by atoms with Gasteiger partial charge in [0.05, 0.1) is 21.6 Å². The van der Waals surface area contributed by atoms with Crippen LogP contribution in [-0.2, 0) is 0 Å². The zero-order valence-electron chi connectivity index (χ0n) is 13.9. The fraction of sp³-hybridized carbons (Fsp3) is 0.0476. The summed E-state index contributed by atoms with van der Waals surface area (Å²) in [4.78, 5) is 18.1. The smallest absolute Gasteiger partial charge is 0.266 e. The average molecular weight is 426 g/mol. The number of fused-ring (bicyclic) bond motifs is 1. The molecule has 0 amide bonds. The summed E-state index contributed by atoms with van der Waals surface area (Å²) < 4.78 is 2.49. The molecule has 0 aliphatic heterocycles. The van der Waals surface area contributed by atoms with Crippen molar-refractivity contribution in [3.63, 3.8) is 0 Å². The van der Waals surface area contributed by atoms with Gasteiger partial charge >= 0.3 is 0 Å². The molecule has 0 aliphatic rings. The van der Waals surface area contributed by atoms with Gasteiger partial charge in [-0.3, -0.25) is 9.36 Å². The number of hydrogen-bond acceptors (Lipinski definition) is 2. The predicted molar refractivity (Wildman–Crippen MR) is 110 cm³/mol. The van der Waals surface area contributed by atoms with Gasteiger partial charge in [-0.05, 0) is 55.0 Å². The number of benzene rings is 3. The third kappa shape index (κ3) is 2.96. The number of aromatic nitrogens is 2. The first kappa shape index (κ1) is 17.0. The second-order valence-corrected chi connectivity index (χ2v) is 7.38. The van der Waals surface area contributed by atoms with Crippen molar-refractivity contribution < 1.29 is 0 Å². The summed E-state index contributed by atoms with van der Waals surface area (Å²) >= 11 is 9.94. The van der Waals surface area contributed by atoms with Gasteiger partial charge in [-0.15, -0.1) is 0 Å². The third-order valence-electron chi connectivity index (χ3n) is 4.21. The Morgan fingerprint density at radius 3 is 2.50 bits per heavy atom. The normalized spacial score (nSPS) is 11.0. The van der Waals surface area contributed by atoms with Crippen LogP contribution in [0.25, 0.3) is 28.0 Å². The summed E-state index contributed by atoms with van der Waals surface area (Å²) in [5, 5.41) is 1.12. The highest BCUT2D eigenvalue weighted by atomic mass is 79.9. The van der Waals surface area contributed by atoms with Crippen molar-refractivity contribution in [2.24, 2.45) is 0 Å². The highest BCUT2D eigenvalue weighted by molar-refractivity contribution is 9.10. The van der Waals surface area contributed by atoms with Crippen LogP contribution < -0.4 is 5.56 Å². The van der Waals surface area contributed by atoms with Crippen LogP contribution >= 0.6 is 27.5 Å². The fourth-order valence-electron chi connectivity index (χ4n) is 2.96. The van der Waals surface area contributed by atoms with Gasteiger partial charge in [0.1, 0.15) is 5.82 Å².